The summed E-state index contributed by atoms with van der Waals surface area (Å²) in [6.07, 6.45) is -7.27. The van der Waals surface area contributed by atoms with Gasteiger partial charge in [-0.2, -0.15) is 13.2 Å². The Bertz CT molecular complexity index is 312. The van der Waals surface area contributed by atoms with E-state index in [0.717, 1.165) is 4.90 Å². The molecule has 2 atom stereocenters. The third-order valence-electron chi connectivity index (χ3n) is 2.55. The molecule has 1 rings (SSSR count). The average Bonchev–Trinajstić information content (AvgIpc) is 2.42. The molecule has 1 heterocycles. The number of ether oxygens (including phenoxy) is 1. The lowest BCUT2D eigenvalue weighted by atomic mass is 10.0. The zero-order valence-corrected chi connectivity index (χ0v) is 10.6. The van der Waals surface area contributed by atoms with Crippen LogP contribution in [0.15, 0.2) is 0 Å². The summed E-state index contributed by atoms with van der Waals surface area (Å²) in [4.78, 5) is 12.7. The number of β-amino-alcohol motifs (C(OH)–C–C–N with tert-alkyl or cyclic N) is 1. The van der Waals surface area contributed by atoms with Gasteiger partial charge in [0.05, 0.1) is 19.1 Å². The standard InChI is InChI=1S/C11H18F3NO3/c1-10(2,3)18-9(17)15-5-7(8(16)6-15)4-11(12,13)14/h7-8,16H,4-6H2,1-3H3. The molecule has 106 valence electrons. The molecule has 0 bridgehead atoms. The molecule has 0 aromatic heterocycles. The quantitative estimate of drug-likeness (QED) is 0.793. The molecule has 0 aromatic rings. The summed E-state index contributed by atoms with van der Waals surface area (Å²) >= 11 is 0. The van der Waals surface area contributed by atoms with Crippen LogP contribution in [0, 0.1) is 5.92 Å². The highest BCUT2D eigenvalue weighted by molar-refractivity contribution is 5.68. The Morgan fingerprint density at radius 2 is 1.89 bits per heavy atom. The molecule has 1 aliphatic heterocycles. The van der Waals surface area contributed by atoms with Gasteiger partial charge < -0.3 is 14.7 Å². The van der Waals surface area contributed by atoms with E-state index in [1.807, 2.05) is 0 Å². The lowest BCUT2D eigenvalue weighted by Gasteiger charge is -2.24. The maximum absolute atomic E-state index is 12.2. The van der Waals surface area contributed by atoms with Gasteiger partial charge in [0.1, 0.15) is 5.60 Å². The Balaban J connectivity index is 2.56. The van der Waals surface area contributed by atoms with Crippen molar-refractivity contribution in [3.63, 3.8) is 0 Å². The predicted molar refractivity (Wildman–Crippen MR) is 58.0 cm³/mol. The maximum Gasteiger partial charge on any atom is 0.410 e. The molecule has 0 saturated carbocycles. The number of aliphatic hydroxyl groups is 1. The van der Waals surface area contributed by atoms with E-state index in [2.05, 4.69) is 0 Å². The molecule has 0 aromatic carbocycles. The average molecular weight is 269 g/mol. The first-order valence-electron chi connectivity index (χ1n) is 5.71. The van der Waals surface area contributed by atoms with Crippen LogP contribution in [0.3, 0.4) is 0 Å². The Morgan fingerprint density at radius 1 is 1.33 bits per heavy atom. The van der Waals surface area contributed by atoms with Crippen LogP contribution in [0.4, 0.5) is 18.0 Å². The van der Waals surface area contributed by atoms with Crippen molar-refractivity contribution >= 4 is 6.09 Å². The van der Waals surface area contributed by atoms with Crippen molar-refractivity contribution in [2.24, 2.45) is 5.92 Å². The van der Waals surface area contributed by atoms with Crippen LogP contribution < -0.4 is 0 Å². The number of rotatable bonds is 1. The fourth-order valence-corrected chi connectivity index (χ4v) is 1.83. The van der Waals surface area contributed by atoms with Crippen molar-refractivity contribution in [1.29, 1.82) is 0 Å². The number of hydrogen-bond acceptors (Lipinski definition) is 3. The maximum atomic E-state index is 12.2. The van der Waals surface area contributed by atoms with Gasteiger partial charge >= 0.3 is 12.3 Å². The minimum atomic E-state index is -4.34. The van der Waals surface area contributed by atoms with Crippen LogP contribution in [-0.4, -0.2) is 47.1 Å². The molecule has 1 saturated heterocycles. The summed E-state index contributed by atoms with van der Waals surface area (Å²) in [5.41, 5.74) is -0.704. The fraction of sp³-hybridized carbons (Fsp3) is 0.909. The van der Waals surface area contributed by atoms with Crippen molar-refractivity contribution in [1.82, 2.24) is 4.90 Å². The third kappa shape index (κ3) is 4.72. The van der Waals surface area contributed by atoms with Crippen molar-refractivity contribution < 1.29 is 27.8 Å². The Labute approximate surface area is 104 Å². The number of hydrogen-bond donors (Lipinski definition) is 1. The lowest BCUT2D eigenvalue weighted by Crippen LogP contribution is -2.36. The van der Waals surface area contributed by atoms with Crippen molar-refractivity contribution in [2.45, 2.75) is 45.1 Å². The molecule has 0 radical (unpaired) electrons. The molecule has 1 N–H and O–H groups in total. The van der Waals surface area contributed by atoms with Gasteiger partial charge in [-0.25, -0.2) is 4.79 Å². The number of alkyl halides is 3. The van der Waals surface area contributed by atoms with Crippen LogP contribution >= 0.6 is 0 Å². The number of carbonyl (C=O) groups excluding carboxylic acids is 1. The number of likely N-dealkylation sites (tertiary alicyclic amines) is 1. The highest BCUT2D eigenvalue weighted by Gasteiger charge is 2.42. The van der Waals surface area contributed by atoms with E-state index in [1.165, 1.54) is 0 Å². The topological polar surface area (TPSA) is 49.8 Å². The van der Waals surface area contributed by atoms with E-state index in [4.69, 9.17) is 4.74 Å². The van der Waals surface area contributed by atoms with Gasteiger partial charge in [-0.1, -0.05) is 0 Å². The summed E-state index contributed by atoms with van der Waals surface area (Å²) in [7, 11) is 0. The summed E-state index contributed by atoms with van der Waals surface area (Å²) < 4.78 is 41.7. The van der Waals surface area contributed by atoms with Crippen LogP contribution in [-0.2, 0) is 4.74 Å². The first kappa shape index (κ1) is 15.1. The highest BCUT2D eigenvalue weighted by atomic mass is 19.4. The number of carbonyl (C=O) groups is 1. The van der Waals surface area contributed by atoms with E-state index in [0.29, 0.717) is 0 Å². The molecule has 2 unspecified atom stereocenters. The zero-order chi connectivity index (χ0) is 14.1. The van der Waals surface area contributed by atoms with Gasteiger partial charge in [-0.15, -0.1) is 0 Å². The van der Waals surface area contributed by atoms with Gasteiger partial charge in [0.15, 0.2) is 0 Å². The number of aliphatic hydroxyl groups excluding tert-OH is 1. The van der Waals surface area contributed by atoms with E-state index in [1.54, 1.807) is 20.8 Å². The van der Waals surface area contributed by atoms with Gasteiger partial charge in [-0.3, -0.25) is 0 Å². The summed E-state index contributed by atoms with van der Waals surface area (Å²) in [6, 6.07) is 0. The van der Waals surface area contributed by atoms with E-state index in [9.17, 15) is 23.1 Å². The molecular weight excluding hydrogens is 251 g/mol. The SMILES string of the molecule is CC(C)(C)OC(=O)N1CC(O)C(CC(F)(F)F)C1. The normalized spacial score (nSPS) is 25.4. The Kier molecular flexibility index (Phi) is 4.15. The second-order valence-corrected chi connectivity index (χ2v) is 5.53. The van der Waals surface area contributed by atoms with Gasteiger partial charge in [0.25, 0.3) is 0 Å². The molecule has 1 fully saturated rings. The first-order valence-corrected chi connectivity index (χ1v) is 5.71. The second-order valence-electron chi connectivity index (χ2n) is 5.53. The van der Waals surface area contributed by atoms with Crippen LogP contribution in [0.1, 0.15) is 27.2 Å². The highest BCUT2D eigenvalue weighted by Crippen LogP contribution is 2.31. The summed E-state index contributed by atoms with van der Waals surface area (Å²) in [5, 5.41) is 9.52. The van der Waals surface area contributed by atoms with Gasteiger partial charge in [0.2, 0.25) is 0 Å². The smallest absolute Gasteiger partial charge is 0.410 e. The third-order valence-corrected chi connectivity index (χ3v) is 2.55. The summed E-state index contributed by atoms with van der Waals surface area (Å²) in [6.45, 7) is 4.77. The minimum Gasteiger partial charge on any atom is -0.444 e. The minimum absolute atomic E-state index is 0.115. The first-order chi connectivity index (χ1) is 7.98. The Hall–Kier alpha value is -0.980. The summed E-state index contributed by atoms with van der Waals surface area (Å²) in [5.74, 6) is -0.975. The number of amides is 1. The van der Waals surface area contributed by atoms with Crippen molar-refractivity contribution in [2.75, 3.05) is 13.1 Å². The zero-order valence-electron chi connectivity index (χ0n) is 10.6. The number of halogens is 3. The van der Waals surface area contributed by atoms with E-state index >= 15 is 0 Å². The molecule has 1 aliphatic rings. The lowest BCUT2D eigenvalue weighted by molar-refractivity contribution is -0.149. The molecule has 4 nitrogen and oxygen atoms in total. The van der Waals surface area contributed by atoms with Crippen LogP contribution in [0.25, 0.3) is 0 Å². The molecule has 0 spiro atoms. The molecule has 0 aliphatic carbocycles. The monoisotopic (exact) mass is 269 g/mol. The molecule has 7 heteroatoms. The molecule has 1 amide bonds. The Morgan fingerprint density at radius 3 is 2.33 bits per heavy atom. The fourth-order valence-electron chi connectivity index (χ4n) is 1.83. The van der Waals surface area contributed by atoms with Crippen molar-refractivity contribution in [3.05, 3.63) is 0 Å². The van der Waals surface area contributed by atoms with Crippen molar-refractivity contribution in [3.8, 4) is 0 Å². The molecular formula is C11H18F3NO3. The van der Waals surface area contributed by atoms with E-state index in [-0.39, 0.29) is 13.1 Å². The van der Waals surface area contributed by atoms with E-state index < -0.39 is 36.3 Å². The van der Waals surface area contributed by atoms with Crippen LogP contribution in [0.5, 0.6) is 0 Å². The van der Waals surface area contributed by atoms with Crippen LogP contribution in [0.2, 0.25) is 0 Å². The number of nitrogens with zero attached hydrogens (tertiary/aromatic N) is 1. The van der Waals surface area contributed by atoms with Gasteiger partial charge in [-0.05, 0) is 20.8 Å². The molecule has 18 heavy (non-hydrogen) atoms. The largest absolute Gasteiger partial charge is 0.444 e. The van der Waals surface area contributed by atoms with Gasteiger partial charge in [0, 0.05) is 12.5 Å². The second kappa shape index (κ2) is 4.95. The predicted octanol–water partition coefficient (Wildman–Crippen LogP) is 2.17.